The minimum atomic E-state index is -1.12. The van der Waals surface area contributed by atoms with Gasteiger partial charge in [-0.05, 0) is 64.4 Å². The van der Waals surface area contributed by atoms with Crippen molar-refractivity contribution >= 4 is 29.8 Å². The Labute approximate surface area is 376 Å². The van der Waals surface area contributed by atoms with Crippen LogP contribution in [0.2, 0.25) is 0 Å². The van der Waals surface area contributed by atoms with Gasteiger partial charge in [0, 0.05) is 38.5 Å². The molecule has 0 N–H and O–H groups in total. The molecule has 0 aliphatic carbocycles. The predicted octanol–water partition coefficient (Wildman–Crippen LogP) is 7.94. The van der Waals surface area contributed by atoms with Gasteiger partial charge in [-0.3, -0.25) is 24.0 Å². The molecule has 13 unspecified atom stereocenters. The summed E-state index contributed by atoms with van der Waals surface area (Å²) in [6, 6.07) is 10.6. The standard InChI is InChI=1S/C31H50O13.C10H14.C7H14O2/c1-11-31(9,10)30(35)44-29-26(41-21(8)34)18(5)23(14-38-29)43-28-25(40-20(7)33)17(4)22(13-37-28)42-27-24(39-19(6)32)16(3)15(2)12-36-27;1-3-9(2)10-7-5-4-6-8-10;1-5-7(2,3)6(8)9-4/h15-18,22-29H,11-14H2,1-10H3;4-9H,3H2,1-2H3;5H2,1-4H3. The van der Waals surface area contributed by atoms with Crippen molar-refractivity contribution in [2.45, 2.75) is 178 Å². The van der Waals surface area contributed by atoms with Crippen LogP contribution in [-0.4, -0.2) is 106 Å². The predicted molar refractivity (Wildman–Crippen MR) is 234 cm³/mol. The molecule has 0 amide bonds. The van der Waals surface area contributed by atoms with Gasteiger partial charge in [0.05, 0.1) is 50.0 Å². The molecule has 360 valence electrons. The molecule has 4 rings (SSSR count). The number of carbonyl (C=O) groups is 5. The molecule has 13 atom stereocenters. The molecule has 0 bridgehead atoms. The monoisotopic (exact) mass is 895 g/mol. The van der Waals surface area contributed by atoms with Gasteiger partial charge in [0.2, 0.25) is 6.29 Å². The third-order valence-electron chi connectivity index (χ3n) is 12.6. The highest BCUT2D eigenvalue weighted by atomic mass is 16.8. The van der Waals surface area contributed by atoms with E-state index < -0.39 is 90.5 Å². The zero-order valence-corrected chi connectivity index (χ0v) is 40.8. The number of benzene rings is 1. The average Bonchev–Trinajstić information content (AvgIpc) is 3.24. The Morgan fingerprint density at radius 2 is 1.00 bits per heavy atom. The molecular weight excluding hydrogens is 817 g/mol. The number of ether oxygens (including phenoxy) is 10. The Morgan fingerprint density at radius 1 is 0.603 bits per heavy atom. The summed E-state index contributed by atoms with van der Waals surface area (Å²) in [4.78, 5) is 59.6. The van der Waals surface area contributed by atoms with Crippen LogP contribution in [0.25, 0.3) is 0 Å². The zero-order valence-electron chi connectivity index (χ0n) is 40.8. The van der Waals surface area contributed by atoms with E-state index in [0.29, 0.717) is 18.9 Å². The van der Waals surface area contributed by atoms with E-state index in [9.17, 15) is 24.0 Å². The fourth-order valence-electron chi connectivity index (χ4n) is 6.77. The maximum Gasteiger partial charge on any atom is 0.313 e. The Morgan fingerprint density at radius 3 is 1.40 bits per heavy atom. The van der Waals surface area contributed by atoms with Crippen molar-refractivity contribution in [2.75, 3.05) is 26.9 Å². The second-order valence-electron chi connectivity index (χ2n) is 18.3. The van der Waals surface area contributed by atoms with Crippen LogP contribution in [0.5, 0.6) is 0 Å². The first kappa shape index (κ1) is 55.5. The molecule has 15 nitrogen and oxygen atoms in total. The van der Waals surface area contributed by atoms with E-state index >= 15 is 0 Å². The Balaban J connectivity index is 0.000000588. The summed E-state index contributed by atoms with van der Waals surface area (Å²) in [5, 5.41) is 0. The SMILES string of the molecule is CCC(C)(C)C(=O)OC.CCC(C)(C)C(=O)OC1OCC(OC2OCC(OC3OCC(C)C(C)C3OC(C)=O)C(C)C2OC(C)=O)C(C)C1OC(C)=O.CCC(C)c1ccccc1. The van der Waals surface area contributed by atoms with E-state index in [1.165, 1.54) is 39.9 Å². The first-order chi connectivity index (χ1) is 29.4. The zero-order chi connectivity index (χ0) is 47.8. The van der Waals surface area contributed by atoms with Gasteiger partial charge in [0.1, 0.15) is 0 Å². The Kier molecular flexibility index (Phi) is 22.7. The molecule has 3 fully saturated rings. The van der Waals surface area contributed by atoms with Crippen LogP contribution in [0.1, 0.15) is 135 Å². The van der Waals surface area contributed by atoms with Crippen LogP contribution < -0.4 is 0 Å². The summed E-state index contributed by atoms with van der Waals surface area (Å²) < 4.78 is 57.4. The molecule has 0 aromatic heterocycles. The van der Waals surface area contributed by atoms with Gasteiger partial charge in [-0.15, -0.1) is 0 Å². The van der Waals surface area contributed by atoms with Crippen LogP contribution in [0.15, 0.2) is 30.3 Å². The molecule has 0 saturated carbocycles. The van der Waals surface area contributed by atoms with Crippen LogP contribution in [0, 0.1) is 34.5 Å². The highest BCUT2D eigenvalue weighted by Gasteiger charge is 2.50. The lowest BCUT2D eigenvalue weighted by Crippen LogP contribution is -2.58. The van der Waals surface area contributed by atoms with Crippen molar-refractivity contribution in [2.24, 2.45) is 34.5 Å². The molecule has 3 aliphatic rings. The number of methoxy groups -OCH3 is 1. The van der Waals surface area contributed by atoms with Gasteiger partial charge < -0.3 is 47.4 Å². The maximum absolute atomic E-state index is 12.8. The summed E-state index contributed by atoms with van der Waals surface area (Å²) >= 11 is 0. The van der Waals surface area contributed by atoms with Crippen LogP contribution in [0.3, 0.4) is 0 Å². The molecule has 3 saturated heterocycles. The molecule has 3 heterocycles. The first-order valence-corrected chi connectivity index (χ1v) is 22.5. The number of rotatable bonds is 14. The number of hydrogen-bond acceptors (Lipinski definition) is 15. The molecular formula is C48H78O15. The van der Waals surface area contributed by atoms with E-state index in [4.69, 9.17) is 42.6 Å². The molecule has 63 heavy (non-hydrogen) atoms. The summed E-state index contributed by atoms with van der Waals surface area (Å²) in [5.41, 5.74) is 0.388. The molecule has 3 aliphatic heterocycles. The summed E-state index contributed by atoms with van der Waals surface area (Å²) in [5.74, 6) is -2.18. The van der Waals surface area contributed by atoms with E-state index in [-0.39, 0.29) is 36.4 Å². The van der Waals surface area contributed by atoms with Crippen LogP contribution in [-0.2, 0) is 71.3 Å². The van der Waals surface area contributed by atoms with Gasteiger partial charge in [-0.1, -0.05) is 85.7 Å². The lowest BCUT2D eigenvalue weighted by atomic mass is 9.88. The van der Waals surface area contributed by atoms with E-state index in [1.807, 2.05) is 48.5 Å². The highest BCUT2D eigenvalue weighted by Crippen LogP contribution is 2.36. The molecule has 1 aromatic carbocycles. The van der Waals surface area contributed by atoms with Crippen molar-refractivity contribution in [1.82, 2.24) is 0 Å². The Hall–Kier alpha value is -3.63. The third kappa shape index (κ3) is 16.7. The summed E-state index contributed by atoms with van der Waals surface area (Å²) in [6.07, 6.45) is -4.05. The fraction of sp³-hybridized carbons (Fsp3) is 0.771. The minimum absolute atomic E-state index is 0.000441. The topological polar surface area (TPSA) is 178 Å². The minimum Gasteiger partial charge on any atom is -0.469 e. The van der Waals surface area contributed by atoms with Gasteiger partial charge >= 0.3 is 29.8 Å². The first-order valence-electron chi connectivity index (χ1n) is 22.5. The lowest BCUT2D eigenvalue weighted by molar-refractivity contribution is -0.333. The lowest BCUT2D eigenvalue weighted by Gasteiger charge is -2.46. The van der Waals surface area contributed by atoms with Gasteiger partial charge in [0.25, 0.3) is 0 Å². The van der Waals surface area contributed by atoms with Crippen molar-refractivity contribution in [1.29, 1.82) is 0 Å². The van der Waals surface area contributed by atoms with E-state index in [2.05, 4.69) is 48.9 Å². The molecule has 1 aromatic rings. The second kappa shape index (κ2) is 25.8. The fourth-order valence-corrected chi connectivity index (χ4v) is 6.77. The van der Waals surface area contributed by atoms with Gasteiger partial charge in [-0.25, -0.2) is 0 Å². The molecule has 0 spiro atoms. The molecule has 15 heteroatoms. The van der Waals surface area contributed by atoms with E-state index in [0.717, 1.165) is 6.42 Å². The van der Waals surface area contributed by atoms with E-state index in [1.54, 1.807) is 20.8 Å². The van der Waals surface area contributed by atoms with Crippen molar-refractivity contribution in [3.8, 4) is 0 Å². The van der Waals surface area contributed by atoms with Crippen molar-refractivity contribution in [3.63, 3.8) is 0 Å². The normalized spacial score (nSPS) is 30.1. The number of carbonyl (C=O) groups excluding carboxylic acids is 5. The van der Waals surface area contributed by atoms with Crippen LogP contribution in [0.4, 0.5) is 0 Å². The molecule has 0 radical (unpaired) electrons. The van der Waals surface area contributed by atoms with Crippen molar-refractivity contribution in [3.05, 3.63) is 35.9 Å². The maximum atomic E-state index is 12.8. The smallest absolute Gasteiger partial charge is 0.313 e. The second-order valence-corrected chi connectivity index (χ2v) is 18.3. The summed E-state index contributed by atoms with van der Waals surface area (Å²) in [7, 11) is 1.42. The van der Waals surface area contributed by atoms with Crippen LogP contribution >= 0.6 is 0 Å². The highest BCUT2D eigenvalue weighted by molar-refractivity contribution is 5.76. The van der Waals surface area contributed by atoms with Gasteiger partial charge in [-0.2, -0.15) is 0 Å². The third-order valence-corrected chi connectivity index (χ3v) is 12.6. The quantitative estimate of drug-likeness (QED) is 0.130. The number of hydrogen-bond donors (Lipinski definition) is 0. The average molecular weight is 895 g/mol. The number of esters is 5. The van der Waals surface area contributed by atoms with Crippen molar-refractivity contribution < 1.29 is 71.3 Å². The largest absolute Gasteiger partial charge is 0.469 e. The Bertz CT molecular complexity index is 1580. The van der Waals surface area contributed by atoms with Gasteiger partial charge in [0.15, 0.2) is 30.9 Å². The summed E-state index contributed by atoms with van der Waals surface area (Å²) in [6.45, 7) is 27.6.